The van der Waals surface area contributed by atoms with Gasteiger partial charge in [-0.25, -0.2) is 0 Å². The van der Waals surface area contributed by atoms with E-state index < -0.39 is 0 Å². The SMILES string of the molecule is ON=C(c1cccc(Cl)c1)c1ccc2c(c1)Cc1ccccc1-2. The number of nitrogens with zero attached hydrogens (tertiary/aromatic N) is 1. The van der Waals surface area contributed by atoms with Crippen molar-refractivity contribution >= 4 is 17.3 Å². The van der Waals surface area contributed by atoms with E-state index in [1.54, 1.807) is 12.1 Å². The van der Waals surface area contributed by atoms with E-state index in [4.69, 9.17) is 11.6 Å². The minimum absolute atomic E-state index is 0.534. The van der Waals surface area contributed by atoms with Crippen molar-refractivity contribution in [2.45, 2.75) is 6.42 Å². The van der Waals surface area contributed by atoms with E-state index in [1.807, 2.05) is 18.2 Å². The maximum atomic E-state index is 9.49. The highest BCUT2D eigenvalue weighted by molar-refractivity contribution is 6.31. The lowest BCUT2D eigenvalue weighted by Gasteiger charge is -2.08. The predicted molar refractivity (Wildman–Crippen MR) is 93.6 cm³/mol. The summed E-state index contributed by atoms with van der Waals surface area (Å²) in [6, 6.07) is 22.0. The van der Waals surface area contributed by atoms with Crippen molar-refractivity contribution in [2.75, 3.05) is 0 Å². The van der Waals surface area contributed by atoms with Crippen LogP contribution in [-0.2, 0) is 6.42 Å². The molecule has 0 amide bonds. The molecule has 2 nitrogen and oxygen atoms in total. The third-order valence-corrected chi connectivity index (χ3v) is 4.50. The maximum absolute atomic E-state index is 9.49. The standard InChI is InChI=1S/C20H14ClNO/c21-17-6-3-5-14(12-17)20(22-23)15-8-9-19-16(11-15)10-13-4-1-2-7-18(13)19/h1-9,11-12,23H,10H2. The second-order valence-electron chi connectivity index (χ2n) is 5.66. The van der Waals surface area contributed by atoms with Crippen molar-refractivity contribution in [1.82, 2.24) is 0 Å². The summed E-state index contributed by atoms with van der Waals surface area (Å²) in [7, 11) is 0. The summed E-state index contributed by atoms with van der Waals surface area (Å²) in [5.41, 5.74) is 7.37. The molecule has 1 aliphatic rings. The summed E-state index contributed by atoms with van der Waals surface area (Å²) < 4.78 is 0. The van der Waals surface area contributed by atoms with Gasteiger partial charge in [0.25, 0.3) is 0 Å². The van der Waals surface area contributed by atoms with E-state index >= 15 is 0 Å². The molecule has 1 aliphatic carbocycles. The summed E-state index contributed by atoms with van der Waals surface area (Å²) in [6.07, 6.45) is 0.910. The van der Waals surface area contributed by atoms with Gasteiger partial charge in [-0.1, -0.05) is 65.3 Å². The Labute approximate surface area is 139 Å². The normalized spacial score (nSPS) is 12.8. The fraction of sp³-hybridized carbons (Fsp3) is 0.0500. The smallest absolute Gasteiger partial charge is 0.117 e. The minimum atomic E-state index is 0.534. The van der Waals surface area contributed by atoms with Crippen LogP contribution in [0.1, 0.15) is 22.3 Å². The Morgan fingerprint density at radius 2 is 1.61 bits per heavy atom. The Balaban J connectivity index is 1.78. The molecule has 3 aromatic carbocycles. The first-order valence-electron chi connectivity index (χ1n) is 7.46. The molecule has 0 saturated heterocycles. The van der Waals surface area contributed by atoms with Crippen LogP contribution in [0.15, 0.2) is 71.9 Å². The topological polar surface area (TPSA) is 32.6 Å². The molecule has 0 unspecified atom stereocenters. The summed E-state index contributed by atoms with van der Waals surface area (Å²) in [5.74, 6) is 0. The number of rotatable bonds is 2. The Kier molecular flexibility index (Phi) is 3.40. The Morgan fingerprint density at radius 3 is 2.43 bits per heavy atom. The van der Waals surface area contributed by atoms with Gasteiger partial charge in [0.15, 0.2) is 0 Å². The van der Waals surface area contributed by atoms with Crippen LogP contribution in [0.5, 0.6) is 0 Å². The Bertz CT molecular complexity index is 930. The van der Waals surface area contributed by atoms with Crippen LogP contribution >= 0.6 is 11.6 Å². The number of hydrogen-bond donors (Lipinski definition) is 1. The molecule has 0 aromatic heterocycles. The van der Waals surface area contributed by atoms with Crippen LogP contribution in [0.4, 0.5) is 0 Å². The van der Waals surface area contributed by atoms with Crippen molar-refractivity contribution in [3.63, 3.8) is 0 Å². The lowest BCUT2D eigenvalue weighted by atomic mass is 9.97. The first-order chi connectivity index (χ1) is 11.3. The molecule has 23 heavy (non-hydrogen) atoms. The lowest BCUT2D eigenvalue weighted by Crippen LogP contribution is -2.04. The molecule has 0 atom stereocenters. The highest BCUT2D eigenvalue weighted by atomic mass is 35.5. The highest BCUT2D eigenvalue weighted by Gasteiger charge is 2.19. The van der Waals surface area contributed by atoms with Gasteiger partial charge >= 0.3 is 0 Å². The van der Waals surface area contributed by atoms with Crippen LogP contribution in [0.3, 0.4) is 0 Å². The van der Waals surface area contributed by atoms with Crippen molar-refractivity contribution in [1.29, 1.82) is 0 Å². The second kappa shape index (κ2) is 5.56. The van der Waals surface area contributed by atoms with Gasteiger partial charge in [-0.05, 0) is 46.9 Å². The van der Waals surface area contributed by atoms with E-state index in [0.717, 1.165) is 17.5 Å². The quantitative estimate of drug-likeness (QED) is 0.310. The fourth-order valence-electron chi connectivity index (χ4n) is 3.21. The molecule has 112 valence electrons. The van der Waals surface area contributed by atoms with Crippen LogP contribution in [0.2, 0.25) is 5.02 Å². The van der Waals surface area contributed by atoms with Crippen LogP contribution in [0, 0.1) is 0 Å². The van der Waals surface area contributed by atoms with Gasteiger partial charge in [-0.15, -0.1) is 0 Å². The molecule has 3 heteroatoms. The summed E-state index contributed by atoms with van der Waals surface area (Å²) in [4.78, 5) is 0. The number of oxime groups is 1. The zero-order valence-electron chi connectivity index (χ0n) is 12.3. The minimum Gasteiger partial charge on any atom is -0.410 e. The summed E-state index contributed by atoms with van der Waals surface area (Å²) in [5, 5.41) is 13.6. The summed E-state index contributed by atoms with van der Waals surface area (Å²) in [6.45, 7) is 0. The number of hydrogen-bond acceptors (Lipinski definition) is 2. The van der Waals surface area contributed by atoms with Gasteiger partial charge in [0, 0.05) is 16.1 Å². The first kappa shape index (κ1) is 14.0. The zero-order valence-corrected chi connectivity index (χ0v) is 13.1. The molecule has 0 spiro atoms. The van der Waals surface area contributed by atoms with E-state index in [1.165, 1.54) is 22.3 Å². The number of halogens is 1. The van der Waals surface area contributed by atoms with Crippen molar-refractivity contribution in [3.8, 4) is 11.1 Å². The van der Waals surface area contributed by atoms with Crippen LogP contribution < -0.4 is 0 Å². The van der Waals surface area contributed by atoms with E-state index in [-0.39, 0.29) is 0 Å². The van der Waals surface area contributed by atoms with Gasteiger partial charge < -0.3 is 5.21 Å². The van der Waals surface area contributed by atoms with Crippen molar-refractivity contribution < 1.29 is 5.21 Å². The van der Waals surface area contributed by atoms with Crippen LogP contribution in [-0.4, -0.2) is 10.9 Å². The Hall–Kier alpha value is -2.58. The van der Waals surface area contributed by atoms with E-state index in [0.29, 0.717) is 10.7 Å². The average molecular weight is 320 g/mol. The molecule has 0 saturated carbocycles. The van der Waals surface area contributed by atoms with Gasteiger partial charge in [-0.3, -0.25) is 0 Å². The Morgan fingerprint density at radius 1 is 0.826 bits per heavy atom. The van der Waals surface area contributed by atoms with E-state index in [9.17, 15) is 5.21 Å². The largest absolute Gasteiger partial charge is 0.410 e. The molecule has 0 aliphatic heterocycles. The molecule has 0 radical (unpaired) electrons. The predicted octanol–water partition coefficient (Wildman–Crippen LogP) is 5.14. The molecule has 4 rings (SSSR count). The van der Waals surface area contributed by atoms with Gasteiger partial charge in [-0.2, -0.15) is 0 Å². The third kappa shape index (κ3) is 2.41. The van der Waals surface area contributed by atoms with Gasteiger partial charge in [0.05, 0.1) is 0 Å². The monoisotopic (exact) mass is 319 g/mol. The number of fused-ring (bicyclic) bond motifs is 3. The molecular formula is C20H14ClNO. The molecule has 0 bridgehead atoms. The third-order valence-electron chi connectivity index (χ3n) is 4.27. The average Bonchev–Trinajstić information content (AvgIpc) is 2.93. The zero-order chi connectivity index (χ0) is 15.8. The fourth-order valence-corrected chi connectivity index (χ4v) is 3.40. The van der Waals surface area contributed by atoms with Crippen LogP contribution in [0.25, 0.3) is 11.1 Å². The lowest BCUT2D eigenvalue weighted by molar-refractivity contribution is 0.319. The first-order valence-corrected chi connectivity index (χ1v) is 7.83. The van der Waals surface area contributed by atoms with E-state index in [2.05, 4.69) is 41.6 Å². The maximum Gasteiger partial charge on any atom is 0.117 e. The molecule has 3 aromatic rings. The molecule has 0 fully saturated rings. The molecule has 1 N–H and O–H groups in total. The highest BCUT2D eigenvalue weighted by Crippen LogP contribution is 2.37. The van der Waals surface area contributed by atoms with Crippen molar-refractivity contribution in [3.05, 3.63) is 94.0 Å². The van der Waals surface area contributed by atoms with Crippen molar-refractivity contribution in [2.24, 2.45) is 5.16 Å². The number of benzene rings is 3. The molecule has 0 heterocycles. The second-order valence-corrected chi connectivity index (χ2v) is 6.10. The molecular weight excluding hydrogens is 306 g/mol. The van der Waals surface area contributed by atoms with Gasteiger partial charge in [0.2, 0.25) is 0 Å². The summed E-state index contributed by atoms with van der Waals surface area (Å²) >= 11 is 6.05. The van der Waals surface area contributed by atoms with Gasteiger partial charge in [0.1, 0.15) is 5.71 Å².